The SMILES string of the molecule is COc1ccc2c(=O)n(CCN(C)C)c3c4ccccc4ccc3c2c1OC. The van der Waals surface area contributed by atoms with Gasteiger partial charge < -0.3 is 18.9 Å². The third-order valence-electron chi connectivity index (χ3n) is 5.23. The van der Waals surface area contributed by atoms with Crippen molar-refractivity contribution in [2.75, 3.05) is 34.9 Å². The molecular formula is C23H24N2O3. The molecule has 144 valence electrons. The van der Waals surface area contributed by atoms with E-state index < -0.39 is 0 Å². The van der Waals surface area contributed by atoms with Gasteiger partial charge in [0.05, 0.1) is 25.1 Å². The predicted octanol–water partition coefficient (Wildman–Crippen LogP) is 3.89. The van der Waals surface area contributed by atoms with E-state index in [0.29, 0.717) is 23.4 Å². The Morgan fingerprint density at radius 2 is 1.64 bits per heavy atom. The summed E-state index contributed by atoms with van der Waals surface area (Å²) in [5.41, 5.74) is 0.922. The van der Waals surface area contributed by atoms with Crippen molar-refractivity contribution in [1.82, 2.24) is 9.47 Å². The van der Waals surface area contributed by atoms with E-state index in [9.17, 15) is 4.79 Å². The molecule has 4 aromatic rings. The van der Waals surface area contributed by atoms with Crippen LogP contribution in [0.2, 0.25) is 0 Å². The fourth-order valence-electron chi connectivity index (χ4n) is 3.88. The minimum Gasteiger partial charge on any atom is -0.493 e. The predicted molar refractivity (Wildman–Crippen MR) is 115 cm³/mol. The molecule has 0 aliphatic heterocycles. The smallest absolute Gasteiger partial charge is 0.259 e. The van der Waals surface area contributed by atoms with Crippen LogP contribution < -0.4 is 15.0 Å². The number of hydrogen-bond donors (Lipinski definition) is 0. The molecule has 0 radical (unpaired) electrons. The molecule has 0 aliphatic carbocycles. The molecule has 28 heavy (non-hydrogen) atoms. The standard InChI is InChI=1S/C23H24N2O3/c1-24(2)13-14-25-21-16-8-6-5-7-15(16)9-10-17(21)20-18(23(25)26)11-12-19(27-3)22(20)28-4/h5-12H,13-14H2,1-4H3. The topological polar surface area (TPSA) is 43.7 Å². The summed E-state index contributed by atoms with van der Waals surface area (Å²) in [6, 6.07) is 16.0. The average Bonchev–Trinajstić information content (AvgIpc) is 2.72. The molecule has 4 rings (SSSR count). The minimum absolute atomic E-state index is 0.0124. The monoisotopic (exact) mass is 376 g/mol. The number of aromatic nitrogens is 1. The molecular weight excluding hydrogens is 352 g/mol. The normalized spacial score (nSPS) is 11.6. The number of fused-ring (bicyclic) bond motifs is 5. The maximum atomic E-state index is 13.5. The van der Waals surface area contributed by atoms with Crippen molar-refractivity contribution in [2.24, 2.45) is 0 Å². The number of ether oxygens (including phenoxy) is 2. The van der Waals surface area contributed by atoms with E-state index in [-0.39, 0.29) is 5.56 Å². The lowest BCUT2D eigenvalue weighted by molar-refractivity contribution is 0.358. The zero-order chi connectivity index (χ0) is 19.8. The fourth-order valence-corrected chi connectivity index (χ4v) is 3.88. The van der Waals surface area contributed by atoms with Crippen LogP contribution in [0.15, 0.2) is 53.3 Å². The van der Waals surface area contributed by atoms with Crippen molar-refractivity contribution in [2.45, 2.75) is 6.54 Å². The van der Waals surface area contributed by atoms with Crippen molar-refractivity contribution >= 4 is 32.4 Å². The van der Waals surface area contributed by atoms with Gasteiger partial charge in [0.15, 0.2) is 11.5 Å². The first-order chi connectivity index (χ1) is 13.6. The third-order valence-corrected chi connectivity index (χ3v) is 5.23. The molecule has 0 spiro atoms. The zero-order valence-electron chi connectivity index (χ0n) is 16.7. The van der Waals surface area contributed by atoms with Gasteiger partial charge in [-0.2, -0.15) is 0 Å². The van der Waals surface area contributed by atoms with Crippen molar-refractivity contribution in [3.8, 4) is 11.5 Å². The molecule has 0 bridgehead atoms. The Hall–Kier alpha value is -3.05. The minimum atomic E-state index is -0.0124. The van der Waals surface area contributed by atoms with E-state index >= 15 is 0 Å². The number of rotatable bonds is 5. The van der Waals surface area contributed by atoms with Gasteiger partial charge in [-0.05, 0) is 31.6 Å². The number of likely N-dealkylation sites (N-methyl/N-ethyl adjacent to an activating group) is 1. The van der Waals surface area contributed by atoms with Gasteiger partial charge in [0.25, 0.3) is 5.56 Å². The molecule has 0 N–H and O–H groups in total. The van der Waals surface area contributed by atoms with Crippen LogP contribution in [0.3, 0.4) is 0 Å². The Morgan fingerprint density at radius 3 is 2.36 bits per heavy atom. The first-order valence-electron chi connectivity index (χ1n) is 9.30. The molecule has 0 atom stereocenters. The number of benzene rings is 3. The van der Waals surface area contributed by atoms with E-state index in [1.807, 2.05) is 36.9 Å². The molecule has 0 fully saturated rings. The van der Waals surface area contributed by atoms with E-state index in [2.05, 4.69) is 29.2 Å². The van der Waals surface area contributed by atoms with Crippen molar-refractivity contribution in [1.29, 1.82) is 0 Å². The van der Waals surface area contributed by atoms with Crippen LogP contribution in [0.4, 0.5) is 0 Å². The summed E-state index contributed by atoms with van der Waals surface area (Å²) in [5.74, 6) is 1.21. The number of pyridine rings is 1. The van der Waals surface area contributed by atoms with Crippen LogP contribution in [0.1, 0.15) is 0 Å². The van der Waals surface area contributed by atoms with Gasteiger partial charge in [-0.1, -0.05) is 36.4 Å². The molecule has 0 unspecified atom stereocenters. The Bertz CT molecular complexity index is 1240. The van der Waals surface area contributed by atoms with Gasteiger partial charge in [0, 0.05) is 29.2 Å². The molecule has 1 heterocycles. The number of methoxy groups -OCH3 is 2. The molecule has 0 amide bonds. The van der Waals surface area contributed by atoms with Crippen LogP contribution in [0.5, 0.6) is 11.5 Å². The third kappa shape index (κ3) is 2.79. The van der Waals surface area contributed by atoms with Gasteiger partial charge in [0.1, 0.15) is 0 Å². The number of hydrogen-bond acceptors (Lipinski definition) is 4. The highest BCUT2D eigenvalue weighted by Gasteiger charge is 2.19. The lowest BCUT2D eigenvalue weighted by atomic mass is 10.00. The lowest BCUT2D eigenvalue weighted by Crippen LogP contribution is -2.27. The summed E-state index contributed by atoms with van der Waals surface area (Å²) in [7, 11) is 7.25. The molecule has 5 heteroatoms. The second-order valence-corrected chi connectivity index (χ2v) is 7.17. The highest BCUT2D eigenvalue weighted by Crippen LogP contribution is 2.39. The summed E-state index contributed by atoms with van der Waals surface area (Å²) < 4.78 is 13.1. The fraction of sp³-hybridized carbons (Fsp3) is 0.261. The molecule has 0 saturated carbocycles. The zero-order valence-corrected chi connectivity index (χ0v) is 16.7. The van der Waals surface area contributed by atoms with Crippen LogP contribution >= 0.6 is 0 Å². The van der Waals surface area contributed by atoms with Gasteiger partial charge in [-0.15, -0.1) is 0 Å². The van der Waals surface area contributed by atoms with Crippen molar-refractivity contribution < 1.29 is 9.47 Å². The largest absolute Gasteiger partial charge is 0.493 e. The first-order valence-corrected chi connectivity index (χ1v) is 9.30. The van der Waals surface area contributed by atoms with E-state index in [1.165, 1.54) is 0 Å². The molecule has 1 aromatic heterocycles. The molecule has 5 nitrogen and oxygen atoms in total. The van der Waals surface area contributed by atoms with Gasteiger partial charge in [0.2, 0.25) is 0 Å². The maximum absolute atomic E-state index is 13.5. The summed E-state index contributed by atoms with van der Waals surface area (Å²) >= 11 is 0. The summed E-state index contributed by atoms with van der Waals surface area (Å²) in [6.45, 7) is 1.39. The Labute approximate surface area is 163 Å². The van der Waals surface area contributed by atoms with Gasteiger partial charge in [-0.3, -0.25) is 4.79 Å². The van der Waals surface area contributed by atoms with Gasteiger partial charge >= 0.3 is 0 Å². The quantitative estimate of drug-likeness (QED) is 0.496. The Balaban J connectivity index is 2.24. The van der Waals surface area contributed by atoms with Crippen molar-refractivity contribution in [3.63, 3.8) is 0 Å². The highest BCUT2D eigenvalue weighted by atomic mass is 16.5. The van der Waals surface area contributed by atoms with Crippen LogP contribution in [0.25, 0.3) is 32.4 Å². The second-order valence-electron chi connectivity index (χ2n) is 7.17. The summed E-state index contributed by atoms with van der Waals surface area (Å²) in [5, 5.41) is 4.59. The second kappa shape index (κ2) is 7.17. The van der Waals surface area contributed by atoms with Gasteiger partial charge in [-0.25, -0.2) is 0 Å². The van der Waals surface area contributed by atoms with Crippen LogP contribution in [-0.2, 0) is 6.54 Å². The van der Waals surface area contributed by atoms with E-state index in [0.717, 1.165) is 33.6 Å². The molecule has 3 aromatic carbocycles. The first kappa shape index (κ1) is 18.3. The van der Waals surface area contributed by atoms with Crippen LogP contribution in [0, 0.1) is 0 Å². The summed E-state index contributed by atoms with van der Waals surface area (Å²) in [4.78, 5) is 15.6. The van der Waals surface area contributed by atoms with Crippen LogP contribution in [-0.4, -0.2) is 44.3 Å². The highest BCUT2D eigenvalue weighted by molar-refractivity contribution is 6.17. The lowest BCUT2D eigenvalue weighted by Gasteiger charge is -2.19. The number of nitrogens with zero attached hydrogens (tertiary/aromatic N) is 2. The maximum Gasteiger partial charge on any atom is 0.259 e. The molecule has 0 aliphatic rings. The van der Waals surface area contributed by atoms with Crippen molar-refractivity contribution in [3.05, 3.63) is 58.9 Å². The Morgan fingerprint density at radius 1 is 0.893 bits per heavy atom. The van der Waals surface area contributed by atoms with E-state index in [1.54, 1.807) is 20.3 Å². The summed E-state index contributed by atoms with van der Waals surface area (Å²) in [6.07, 6.45) is 0. The van der Waals surface area contributed by atoms with E-state index in [4.69, 9.17) is 9.47 Å². The average molecular weight is 376 g/mol. The molecule has 0 saturated heterocycles. The Kier molecular flexibility index (Phi) is 4.69.